The molecule has 0 aliphatic carbocycles. The first-order chi connectivity index (χ1) is 12.2. The number of rotatable bonds is 6. The normalized spacial score (nSPS) is 22.0. The molecule has 2 aliphatic heterocycles. The van der Waals surface area contributed by atoms with Gasteiger partial charge < -0.3 is 14.8 Å². The molecule has 2 fully saturated rings. The summed E-state index contributed by atoms with van der Waals surface area (Å²) in [4.78, 5) is 32.6. The van der Waals surface area contributed by atoms with E-state index in [1.54, 1.807) is 0 Å². The minimum absolute atomic E-state index is 0.00789. The predicted molar refractivity (Wildman–Crippen MR) is 95.1 cm³/mol. The van der Waals surface area contributed by atoms with Crippen LogP contribution in [0.1, 0.15) is 44.3 Å². The number of hydrogen-bond donors (Lipinski definition) is 1. The average molecular weight is 347 g/mol. The number of carbonyl (C=O) groups excluding carboxylic acids is 2. The molecule has 7 nitrogen and oxygen atoms in total. The van der Waals surface area contributed by atoms with Crippen molar-refractivity contribution < 1.29 is 9.59 Å². The molecule has 2 saturated heterocycles. The number of nitrogens with one attached hydrogen (secondary N) is 1. The van der Waals surface area contributed by atoms with Crippen molar-refractivity contribution in [1.29, 1.82) is 0 Å². The van der Waals surface area contributed by atoms with Gasteiger partial charge in [-0.05, 0) is 19.3 Å². The highest BCUT2D eigenvalue weighted by molar-refractivity contribution is 5.82. The second kappa shape index (κ2) is 8.47. The maximum absolute atomic E-state index is 12.7. The molecule has 0 radical (unpaired) electrons. The van der Waals surface area contributed by atoms with Crippen molar-refractivity contribution in [1.82, 2.24) is 24.7 Å². The van der Waals surface area contributed by atoms with Crippen LogP contribution in [0.3, 0.4) is 0 Å². The van der Waals surface area contributed by atoms with Crippen molar-refractivity contribution in [3.8, 4) is 0 Å². The Bertz CT molecular complexity index is 600. The van der Waals surface area contributed by atoms with E-state index in [0.717, 1.165) is 57.7 Å². The number of aryl methyl sites for hydroxylation is 1. The first-order valence-corrected chi connectivity index (χ1v) is 9.45. The molecule has 1 aromatic heterocycles. The van der Waals surface area contributed by atoms with Gasteiger partial charge in [-0.3, -0.25) is 14.5 Å². The van der Waals surface area contributed by atoms with Gasteiger partial charge in [0, 0.05) is 51.0 Å². The Morgan fingerprint density at radius 2 is 2.28 bits per heavy atom. The monoisotopic (exact) mass is 347 g/mol. The summed E-state index contributed by atoms with van der Waals surface area (Å²) >= 11 is 0. The highest BCUT2D eigenvalue weighted by atomic mass is 16.2. The van der Waals surface area contributed by atoms with Gasteiger partial charge in [-0.25, -0.2) is 4.98 Å². The van der Waals surface area contributed by atoms with E-state index >= 15 is 0 Å². The smallest absolute Gasteiger partial charge is 0.236 e. The first-order valence-electron chi connectivity index (χ1n) is 9.45. The van der Waals surface area contributed by atoms with E-state index in [0.29, 0.717) is 25.6 Å². The average Bonchev–Trinajstić information content (AvgIpc) is 3.08. The molecule has 3 heterocycles. The van der Waals surface area contributed by atoms with Gasteiger partial charge in [0.05, 0.1) is 13.1 Å². The zero-order chi connectivity index (χ0) is 17.6. The molecule has 1 aromatic rings. The topological polar surface area (TPSA) is 70.5 Å². The minimum Gasteiger partial charge on any atom is -0.354 e. The molecule has 0 bridgehead atoms. The number of carbonyl (C=O) groups is 2. The van der Waals surface area contributed by atoms with E-state index in [4.69, 9.17) is 0 Å². The fourth-order valence-corrected chi connectivity index (χ4v) is 3.73. The van der Waals surface area contributed by atoms with Gasteiger partial charge in [0.25, 0.3) is 0 Å². The maximum atomic E-state index is 12.7. The number of piperidine rings is 1. The van der Waals surface area contributed by atoms with E-state index in [1.807, 2.05) is 16.0 Å². The van der Waals surface area contributed by atoms with Crippen LogP contribution in [-0.2, 0) is 16.1 Å². The Morgan fingerprint density at radius 1 is 1.40 bits per heavy atom. The van der Waals surface area contributed by atoms with Crippen LogP contribution in [0.5, 0.6) is 0 Å². The van der Waals surface area contributed by atoms with Crippen molar-refractivity contribution in [2.45, 2.75) is 45.1 Å². The minimum atomic E-state index is 0.00789. The summed E-state index contributed by atoms with van der Waals surface area (Å²) < 4.78 is 2.25. The number of piperazine rings is 1. The van der Waals surface area contributed by atoms with Gasteiger partial charge in [0.15, 0.2) is 0 Å². The fourth-order valence-electron chi connectivity index (χ4n) is 3.73. The molecule has 0 aromatic carbocycles. The van der Waals surface area contributed by atoms with Crippen molar-refractivity contribution >= 4 is 11.8 Å². The molecule has 7 heteroatoms. The van der Waals surface area contributed by atoms with Gasteiger partial charge in [0.1, 0.15) is 5.82 Å². The highest BCUT2D eigenvalue weighted by Crippen LogP contribution is 2.26. The number of hydrogen-bond acceptors (Lipinski definition) is 4. The predicted octanol–water partition coefficient (Wildman–Crippen LogP) is 0.821. The zero-order valence-corrected chi connectivity index (χ0v) is 15.1. The van der Waals surface area contributed by atoms with Crippen molar-refractivity contribution in [2.24, 2.45) is 0 Å². The third-order valence-electron chi connectivity index (χ3n) is 5.12. The number of likely N-dealkylation sites (tertiary alicyclic amines) is 1. The third-order valence-corrected chi connectivity index (χ3v) is 5.12. The lowest BCUT2D eigenvalue weighted by Crippen LogP contribution is -2.52. The Labute approximate surface area is 149 Å². The van der Waals surface area contributed by atoms with Crippen LogP contribution in [0, 0.1) is 0 Å². The van der Waals surface area contributed by atoms with E-state index in [9.17, 15) is 9.59 Å². The van der Waals surface area contributed by atoms with Crippen LogP contribution >= 0.6 is 0 Å². The van der Waals surface area contributed by atoms with Gasteiger partial charge >= 0.3 is 0 Å². The Morgan fingerprint density at radius 3 is 3.08 bits per heavy atom. The van der Waals surface area contributed by atoms with Crippen molar-refractivity contribution in [3.63, 3.8) is 0 Å². The molecule has 3 rings (SSSR count). The Balaban J connectivity index is 1.58. The number of unbranched alkanes of at least 4 members (excludes halogenated alkanes) is 1. The van der Waals surface area contributed by atoms with Gasteiger partial charge in [-0.15, -0.1) is 0 Å². The first kappa shape index (κ1) is 17.9. The molecule has 2 aliphatic rings. The van der Waals surface area contributed by atoms with Crippen LogP contribution in [0.15, 0.2) is 12.4 Å². The zero-order valence-electron chi connectivity index (χ0n) is 15.1. The molecule has 0 spiro atoms. The molecule has 2 amide bonds. The van der Waals surface area contributed by atoms with Gasteiger partial charge in [-0.2, -0.15) is 0 Å². The van der Waals surface area contributed by atoms with Crippen LogP contribution in [-0.4, -0.2) is 70.4 Å². The number of nitrogens with zero attached hydrogens (tertiary/aromatic N) is 4. The molecule has 1 atom stereocenters. The maximum Gasteiger partial charge on any atom is 0.236 e. The fraction of sp³-hybridized carbons (Fsp3) is 0.722. The molecular weight excluding hydrogens is 318 g/mol. The Hall–Kier alpha value is -1.89. The standard InChI is InChI=1S/C18H29N5O2/c1-2-3-8-22-11-7-20-18(22)15-5-4-9-23(12-15)17(25)14-21-10-6-19-16(24)13-21/h7,11,15H,2-6,8-10,12-14H2,1H3,(H,19,24)/t15-/m1/s1. The lowest BCUT2D eigenvalue weighted by atomic mass is 9.97. The van der Waals surface area contributed by atoms with Crippen molar-refractivity contribution in [3.05, 3.63) is 18.2 Å². The largest absolute Gasteiger partial charge is 0.354 e. The molecular formula is C18H29N5O2. The summed E-state index contributed by atoms with van der Waals surface area (Å²) in [7, 11) is 0. The van der Waals surface area contributed by atoms with Crippen LogP contribution < -0.4 is 5.32 Å². The molecule has 25 heavy (non-hydrogen) atoms. The van der Waals surface area contributed by atoms with Crippen molar-refractivity contribution in [2.75, 3.05) is 39.3 Å². The van der Waals surface area contributed by atoms with Crippen LogP contribution in [0.4, 0.5) is 0 Å². The summed E-state index contributed by atoms with van der Waals surface area (Å²) in [6, 6.07) is 0. The number of aromatic nitrogens is 2. The van der Waals surface area contributed by atoms with Crippen LogP contribution in [0.25, 0.3) is 0 Å². The molecule has 138 valence electrons. The Kier molecular flexibility index (Phi) is 6.07. The number of imidazole rings is 1. The van der Waals surface area contributed by atoms with E-state index in [-0.39, 0.29) is 11.8 Å². The molecule has 0 saturated carbocycles. The lowest BCUT2D eigenvalue weighted by Gasteiger charge is -2.35. The van der Waals surface area contributed by atoms with Crippen LogP contribution in [0.2, 0.25) is 0 Å². The number of amides is 2. The van der Waals surface area contributed by atoms with E-state index in [2.05, 4.69) is 28.0 Å². The second-order valence-electron chi connectivity index (χ2n) is 7.07. The summed E-state index contributed by atoms with van der Waals surface area (Å²) in [6.45, 7) is 6.78. The highest BCUT2D eigenvalue weighted by Gasteiger charge is 2.29. The van der Waals surface area contributed by atoms with E-state index in [1.165, 1.54) is 0 Å². The summed E-state index contributed by atoms with van der Waals surface area (Å²) in [5, 5.41) is 2.80. The SMILES string of the molecule is CCCCn1ccnc1[C@@H]1CCCN(C(=O)CN2CCNC(=O)C2)C1. The summed E-state index contributed by atoms with van der Waals surface area (Å²) in [6.07, 6.45) is 8.33. The van der Waals surface area contributed by atoms with Gasteiger partial charge in [-0.1, -0.05) is 13.3 Å². The molecule has 1 N–H and O–H groups in total. The second-order valence-corrected chi connectivity index (χ2v) is 7.07. The third kappa shape index (κ3) is 4.60. The quantitative estimate of drug-likeness (QED) is 0.827. The van der Waals surface area contributed by atoms with E-state index < -0.39 is 0 Å². The summed E-state index contributed by atoms with van der Waals surface area (Å²) in [5.41, 5.74) is 0. The lowest BCUT2D eigenvalue weighted by molar-refractivity contribution is -0.135. The van der Waals surface area contributed by atoms with Gasteiger partial charge in [0.2, 0.25) is 11.8 Å². The summed E-state index contributed by atoms with van der Waals surface area (Å²) in [5.74, 6) is 1.57. The molecule has 0 unspecified atom stereocenters.